The molecule has 2 N–H and O–H groups in total. The van der Waals surface area contributed by atoms with Gasteiger partial charge < -0.3 is 19.9 Å². The normalized spacial score (nSPS) is 21.1. The van der Waals surface area contributed by atoms with E-state index in [1.807, 2.05) is 43.0 Å². The number of nitrogens with zero attached hydrogens (tertiary/aromatic N) is 4. The predicted molar refractivity (Wildman–Crippen MR) is 131 cm³/mol. The Morgan fingerprint density at radius 1 is 1.24 bits per heavy atom. The van der Waals surface area contributed by atoms with Crippen molar-refractivity contribution in [2.75, 3.05) is 36.4 Å². The molecule has 1 fully saturated rings. The highest BCUT2D eigenvalue weighted by Gasteiger charge is 2.36. The molecule has 182 valence electrons. The number of anilines is 2. The van der Waals surface area contributed by atoms with Crippen molar-refractivity contribution in [3.05, 3.63) is 46.7 Å². The zero-order chi connectivity index (χ0) is 24.4. The Bertz CT molecular complexity index is 1050. The monoisotopic (exact) mass is 486 g/mol. The average Bonchev–Trinajstić information content (AvgIpc) is 2.79. The van der Waals surface area contributed by atoms with Gasteiger partial charge in [0, 0.05) is 43.3 Å². The number of aromatic nitrogens is 2. The number of halogens is 1. The molecule has 1 saturated heterocycles. The Balaban J connectivity index is 1.52. The van der Waals surface area contributed by atoms with Crippen molar-refractivity contribution in [1.29, 1.82) is 0 Å². The lowest BCUT2D eigenvalue weighted by molar-refractivity contribution is -0.135. The Hall–Kier alpha value is -2.91. The third-order valence-corrected chi connectivity index (χ3v) is 6.54. The quantitative estimate of drug-likeness (QED) is 0.643. The largest absolute Gasteiger partial charge is 0.441 e. The lowest BCUT2D eigenvalue weighted by Crippen LogP contribution is -2.56. The maximum absolute atomic E-state index is 13.7. The summed E-state index contributed by atoms with van der Waals surface area (Å²) in [5, 5.41) is 6.71. The molecule has 1 aromatic carbocycles. The van der Waals surface area contributed by atoms with Gasteiger partial charge in [-0.1, -0.05) is 37.6 Å². The van der Waals surface area contributed by atoms with Crippen LogP contribution in [0, 0.1) is 0 Å². The van der Waals surface area contributed by atoms with Gasteiger partial charge in [0.15, 0.2) is 0 Å². The van der Waals surface area contributed by atoms with Crippen molar-refractivity contribution in [2.45, 2.75) is 51.8 Å². The van der Waals surface area contributed by atoms with Crippen LogP contribution >= 0.6 is 11.6 Å². The van der Waals surface area contributed by atoms with Crippen LogP contribution in [-0.2, 0) is 9.53 Å². The summed E-state index contributed by atoms with van der Waals surface area (Å²) in [5.41, 5.74) is 1.71. The minimum absolute atomic E-state index is 0.0323. The van der Waals surface area contributed by atoms with Crippen LogP contribution in [0.2, 0.25) is 5.02 Å². The Kier molecular flexibility index (Phi) is 7.23. The van der Waals surface area contributed by atoms with E-state index < -0.39 is 12.2 Å². The summed E-state index contributed by atoms with van der Waals surface area (Å²) in [7, 11) is 0. The lowest BCUT2D eigenvalue weighted by Gasteiger charge is -2.42. The maximum atomic E-state index is 13.7. The second-order valence-electron chi connectivity index (χ2n) is 9.13. The van der Waals surface area contributed by atoms with Crippen molar-refractivity contribution >= 4 is 35.2 Å². The summed E-state index contributed by atoms with van der Waals surface area (Å²) in [6.07, 6.45) is 0.478. The summed E-state index contributed by atoms with van der Waals surface area (Å²) >= 11 is 6.08. The third-order valence-electron chi connectivity index (χ3n) is 6.28. The smallest absolute Gasteiger partial charge is 0.413 e. The van der Waals surface area contributed by atoms with Gasteiger partial charge in [0.1, 0.15) is 24.1 Å². The van der Waals surface area contributed by atoms with Gasteiger partial charge in [-0.3, -0.25) is 10.1 Å². The zero-order valence-corrected chi connectivity index (χ0v) is 20.7. The van der Waals surface area contributed by atoms with Crippen molar-refractivity contribution in [2.24, 2.45) is 0 Å². The minimum atomic E-state index is -0.517. The van der Waals surface area contributed by atoms with Gasteiger partial charge in [-0.05, 0) is 31.5 Å². The van der Waals surface area contributed by atoms with Gasteiger partial charge in [0.05, 0.1) is 11.5 Å². The fourth-order valence-corrected chi connectivity index (χ4v) is 4.66. The summed E-state index contributed by atoms with van der Waals surface area (Å²) in [5.74, 6) is 0.995. The molecule has 2 aliphatic heterocycles. The molecule has 2 amide bonds. The van der Waals surface area contributed by atoms with Crippen LogP contribution in [-0.4, -0.2) is 65.1 Å². The molecule has 2 aliphatic rings. The number of rotatable bonds is 6. The van der Waals surface area contributed by atoms with Crippen LogP contribution in [0.25, 0.3) is 0 Å². The molecule has 0 bridgehead atoms. The summed E-state index contributed by atoms with van der Waals surface area (Å²) < 4.78 is 5.33. The first-order valence-corrected chi connectivity index (χ1v) is 12.0. The number of ether oxygens (including phenoxy) is 1. The minimum Gasteiger partial charge on any atom is -0.441 e. The molecule has 9 nitrogen and oxygen atoms in total. The predicted octanol–water partition coefficient (Wildman–Crippen LogP) is 3.57. The van der Waals surface area contributed by atoms with E-state index in [2.05, 4.69) is 39.3 Å². The highest BCUT2D eigenvalue weighted by molar-refractivity contribution is 6.30. The number of fused-ring (bicyclic) bond motifs is 1. The third kappa shape index (κ3) is 5.10. The number of piperazine rings is 1. The van der Waals surface area contributed by atoms with Gasteiger partial charge in [-0.15, -0.1) is 0 Å². The van der Waals surface area contributed by atoms with Crippen LogP contribution in [0.15, 0.2) is 30.6 Å². The topological polar surface area (TPSA) is 99.7 Å². The fourth-order valence-electron chi connectivity index (χ4n) is 4.53. The van der Waals surface area contributed by atoms with Gasteiger partial charge in [0.2, 0.25) is 5.91 Å². The number of hydrogen-bond acceptors (Lipinski definition) is 7. The molecule has 1 aromatic heterocycles. The zero-order valence-electron chi connectivity index (χ0n) is 19.9. The highest BCUT2D eigenvalue weighted by Crippen LogP contribution is 2.36. The number of benzene rings is 1. The summed E-state index contributed by atoms with van der Waals surface area (Å²) in [6.45, 7) is 10.3. The molecule has 4 rings (SSSR count). The van der Waals surface area contributed by atoms with Crippen molar-refractivity contribution in [3.63, 3.8) is 0 Å². The molecule has 10 heteroatoms. The maximum Gasteiger partial charge on any atom is 0.413 e. The van der Waals surface area contributed by atoms with E-state index in [1.165, 1.54) is 6.33 Å². The van der Waals surface area contributed by atoms with E-state index in [4.69, 9.17) is 16.3 Å². The lowest BCUT2D eigenvalue weighted by atomic mass is 9.95. The molecular formula is C24H31ClN6O3. The standard InChI is InChI=1S/C24H31ClN6O3/c1-14(2)26-11-19(17-5-7-18(25)8-6-17)23(32)31-10-9-30(12-15(31)3)22-20-16(4)34-24(33)29-21(20)27-13-28-22/h5-8,13-16,19,26H,9-12H2,1-4H3,(H,27,28,29,33)/t15-,16?,19-/m1/s1. The number of nitrogens with one attached hydrogen (secondary N) is 2. The first-order chi connectivity index (χ1) is 16.2. The first kappa shape index (κ1) is 24.2. The van der Waals surface area contributed by atoms with E-state index in [-0.39, 0.29) is 23.9 Å². The Labute approximate surface area is 204 Å². The SMILES string of the molecule is CC(C)NC[C@@H](C(=O)N1CCN(c2ncnc3c2C(C)OC(=O)N3)C[C@H]1C)c1ccc(Cl)cc1. The fraction of sp³-hybridized carbons (Fsp3) is 0.500. The van der Waals surface area contributed by atoms with Gasteiger partial charge >= 0.3 is 6.09 Å². The molecule has 0 aliphatic carbocycles. The van der Waals surface area contributed by atoms with E-state index in [9.17, 15) is 9.59 Å². The van der Waals surface area contributed by atoms with Crippen molar-refractivity contribution in [1.82, 2.24) is 20.2 Å². The molecule has 1 unspecified atom stereocenters. The van der Waals surface area contributed by atoms with Crippen molar-refractivity contribution in [3.8, 4) is 0 Å². The van der Waals surface area contributed by atoms with Gasteiger partial charge in [-0.25, -0.2) is 14.8 Å². The Morgan fingerprint density at radius 3 is 2.65 bits per heavy atom. The van der Waals surface area contributed by atoms with E-state index >= 15 is 0 Å². The molecule has 2 aromatic rings. The molecule has 3 atom stereocenters. The molecule has 0 saturated carbocycles. The number of carbonyl (C=O) groups is 2. The van der Waals surface area contributed by atoms with Gasteiger partial charge in [0.25, 0.3) is 0 Å². The molecule has 3 heterocycles. The summed E-state index contributed by atoms with van der Waals surface area (Å²) in [6, 6.07) is 7.75. The van der Waals surface area contributed by atoms with E-state index in [1.54, 1.807) is 0 Å². The molecule has 0 spiro atoms. The van der Waals surface area contributed by atoms with Crippen LogP contribution < -0.4 is 15.5 Å². The van der Waals surface area contributed by atoms with E-state index in [0.717, 1.165) is 16.9 Å². The number of carbonyl (C=O) groups excluding carboxylic acids is 2. The van der Waals surface area contributed by atoms with Crippen molar-refractivity contribution < 1.29 is 14.3 Å². The Morgan fingerprint density at radius 2 is 1.97 bits per heavy atom. The van der Waals surface area contributed by atoms with Crippen LogP contribution in [0.5, 0.6) is 0 Å². The molecular weight excluding hydrogens is 456 g/mol. The first-order valence-electron chi connectivity index (χ1n) is 11.6. The number of cyclic esters (lactones) is 1. The number of hydrogen-bond donors (Lipinski definition) is 2. The second kappa shape index (κ2) is 10.1. The van der Waals surface area contributed by atoms with E-state index in [0.29, 0.717) is 37.0 Å². The molecule has 34 heavy (non-hydrogen) atoms. The van der Waals surface area contributed by atoms with Crippen LogP contribution in [0.3, 0.4) is 0 Å². The number of amides is 2. The van der Waals surface area contributed by atoms with Crippen LogP contribution in [0.4, 0.5) is 16.4 Å². The summed E-state index contributed by atoms with van der Waals surface area (Å²) in [4.78, 5) is 38.2. The molecule has 0 radical (unpaired) electrons. The van der Waals surface area contributed by atoms with Crippen LogP contribution in [0.1, 0.15) is 50.8 Å². The average molecular weight is 487 g/mol. The van der Waals surface area contributed by atoms with Gasteiger partial charge in [-0.2, -0.15) is 0 Å². The highest BCUT2D eigenvalue weighted by atomic mass is 35.5. The second-order valence-corrected chi connectivity index (χ2v) is 9.56.